The third-order valence-corrected chi connectivity index (χ3v) is 6.14. The van der Waals surface area contributed by atoms with Crippen LogP contribution in [0, 0.1) is 13.8 Å². The van der Waals surface area contributed by atoms with Crippen molar-refractivity contribution in [3.63, 3.8) is 0 Å². The predicted molar refractivity (Wildman–Crippen MR) is 119 cm³/mol. The molecule has 0 radical (unpaired) electrons. The van der Waals surface area contributed by atoms with E-state index in [2.05, 4.69) is 25.9 Å². The first-order chi connectivity index (χ1) is 14.8. The fourth-order valence-electron chi connectivity index (χ4n) is 2.70. The lowest BCUT2D eigenvalue weighted by atomic mass is 10.2. The number of thiazole rings is 1. The first-order valence-electron chi connectivity index (χ1n) is 9.20. The Bertz CT molecular complexity index is 1110. The van der Waals surface area contributed by atoms with Gasteiger partial charge in [0.2, 0.25) is 0 Å². The zero-order valence-electron chi connectivity index (χ0n) is 17.0. The highest BCUT2D eigenvalue weighted by Gasteiger charge is 2.20. The average Bonchev–Trinajstić information content (AvgIpc) is 3.27. The van der Waals surface area contributed by atoms with Gasteiger partial charge in [-0.05, 0) is 31.5 Å². The van der Waals surface area contributed by atoms with Gasteiger partial charge in [0.15, 0.2) is 10.8 Å². The summed E-state index contributed by atoms with van der Waals surface area (Å²) in [6, 6.07) is 5.27. The van der Waals surface area contributed by atoms with Gasteiger partial charge in [0, 0.05) is 13.7 Å². The summed E-state index contributed by atoms with van der Waals surface area (Å²) in [6.45, 7) is 4.62. The van der Waals surface area contributed by atoms with E-state index in [1.165, 1.54) is 0 Å². The van der Waals surface area contributed by atoms with Crippen molar-refractivity contribution < 1.29 is 14.3 Å². The highest BCUT2D eigenvalue weighted by Crippen LogP contribution is 2.24. The molecule has 31 heavy (non-hydrogen) atoms. The van der Waals surface area contributed by atoms with E-state index in [1.54, 1.807) is 37.8 Å². The average molecular weight is 483 g/mol. The van der Waals surface area contributed by atoms with E-state index in [0.717, 1.165) is 16.9 Å². The Kier molecular flexibility index (Phi) is 7.60. The maximum atomic E-state index is 12.7. The molecule has 0 saturated carbocycles. The van der Waals surface area contributed by atoms with Crippen LogP contribution in [0.1, 0.15) is 37.1 Å². The van der Waals surface area contributed by atoms with Gasteiger partial charge in [-0.1, -0.05) is 45.8 Å². The molecular formula is C19H20Cl2N6O3S. The van der Waals surface area contributed by atoms with Gasteiger partial charge in [-0.2, -0.15) is 0 Å². The smallest absolute Gasteiger partial charge is 0.279 e. The third kappa shape index (κ3) is 5.59. The minimum atomic E-state index is -0.460. The van der Waals surface area contributed by atoms with Crippen molar-refractivity contribution >= 4 is 51.5 Å². The van der Waals surface area contributed by atoms with E-state index in [1.807, 2.05) is 6.07 Å². The number of nitrogens with zero attached hydrogens (tertiary/aromatic N) is 4. The molecule has 1 aromatic carbocycles. The van der Waals surface area contributed by atoms with Crippen LogP contribution < -0.4 is 10.6 Å². The number of benzene rings is 1. The van der Waals surface area contributed by atoms with E-state index < -0.39 is 5.91 Å². The maximum Gasteiger partial charge on any atom is 0.279 e. The van der Waals surface area contributed by atoms with Crippen LogP contribution in [-0.2, 0) is 11.3 Å². The molecule has 0 aliphatic carbocycles. The zero-order chi connectivity index (χ0) is 22.5. The number of hydrogen-bond acceptors (Lipinski definition) is 7. The lowest BCUT2D eigenvalue weighted by molar-refractivity contribution is 0.0939. The van der Waals surface area contributed by atoms with Crippen LogP contribution in [0.2, 0.25) is 10.0 Å². The lowest BCUT2D eigenvalue weighted by Crippen LogP contribution is -2.26. The van der Waals surface area contributed by atoms with Crippen molar-refractivity contribution in [2.45, 2.75) is 20.4 Å². The van der Waals surface area contributed by atoms with Gasteiger partial charge in [-0.3, -0.25) is 14.9 Å². The summed E-state index contributed by atoms with van der Waals surface area (Å²) in [5.74, 6) is -0.728. The van der Waals surface area contributed by atoms with Crippen molar-refractivity contribution in [2.75, 3.05) is 25.6 Å². The molecule has 0 unspecified atom stereocenters. The summed E-state index contributed by atoms with van der Waals surface area (Å²) in [6.07, 6.45) is 0. The van der Waals surface area contributed by atoms with Gasteiger partial charge < -0.3 is 10.1 Å². The standard InChI is InChI=1S/C19H20Cl2N6O3S/c1-10-16(18(29)22-6-7-30-3)31-19(23-10)24-17(28)15-11(2)27(26-25-15)9-12-4-5-13(20)14(21)8-12/h4-5,8H,6-7,9H2,1-3H3,(H,22,29)(H,23,24,28). The van der Waals surface area contributed by atoms with Gasteiger partial charge in [-0.15, -0.1) is 5.10 Å². The SMILES string of the molecule is COCCNC(=O)c1sc(NC(=O)c2nnn(Cc3ccc(Cl)c(Cl)c3)c2C)nc1C. The minimum Gasteiger partial charge on any atom is -0.383 e. The zero-order valence-corrected chi connectivity index (χ0v) is 19.4. The Morgan fingerprint density at radius 3 is 2.68 bits per heavy atom. The third-order valence-electron chi connectivity index (χ3n) is 4.33. The Labute approximate surface area is 192 Å². The maximum absolute atomic E-state index is 12.7. The van der Waals surface area contributed by atoms with Gasteiger partial charge in [0.1, 0.15) is 4.88 Å². The molecule has 0 spiro atoms. The fourth-order valence-corrected chi connectivity index (χ4v) is 3.89. The van der Waals surface area contributed by atoms with Gasteiger partial charge in [0.25, 0.3) is 11.8 Å². The van der Waals surface area contributed by atoms with E-state index in [4.69, 9.17) is 27.9 Å². The molecule has 2 N–H and O–H groups in total. The number of carbonyl (C=O) groups is 2. The number of amides is 2. The van der Waals surface area contributed by atoms with Crippen LogP contribution in [0.5, 0.6) is 0 Å². The Balaban J connectivity index is 1.69. The van der Waals surface area contributed by atoms with Gasteiger partial charge >= 0.3 is 0 Å². The highest BCUT2D eigenvalue weighted by molar-refractivity contribution is 7.17. The van der Waals surface area contributed by atoms with Crippen molar-refractivity contribution in [2.24, 2.45) is 0 Å². The first kappa shape index (κ1) is 23.1. The molecule has 3 rings (SSSR count). The van der Waals surface area contributed by atoms with Gasteiger partial charge in [-0.25, -0.2) is 9.67 Å². The largest absolute Gasteiger partial charge is 0.383 e. The van der Waals surface area contributed by atoms with E-state index >= 15 is 0 Å². The summed E-state index contributed by atoms with van der Waals surface area (Å²) < 4.78 is 6.51. The van der Waals surface area contributed by atoms with Crippen molar-refractivity contribution in [1.29, 1.82) is 0 Å². The molecule has 0 fully saturated rings. The van der Waals surface area contributed by atoms with Crippen LogP contribution in [0.4, 0.5) is 5.13 Å². The second-order valence-corrected chi connectivity index (χ2v) is 8.38. The molecule has 9 nitrogen and oxygen atoms in total. The van der Waals surface area contributed by atoms with Crippen molar-refractivity contribution in [3.05, 3.63) is 55.8 Å². The normalized spacial score (nSPS) is 10.9. The second-order valence-electron chi connectivity index (χ2n) is 6.57. The number of hydrogen-bond donors (Lipinski definition) is 2. The summed E-state index contributed by atoms with van der Waals surface area (Å²) >= 11 is 13.1. The first-order valence-corrected chi connectivity index (χ1v) is 10.8. The highest BCUT2D eigenvalue weighted by atomic mass is 35.5. The van der Waals surface area contributed by atoms with Gasteiger partial charge in [0.05, 0.1) is 34.6 Å². The quantitative estimate of drug-likeness (QED) is 0.476. The Morgan fingerprint density at radius 2 is 1.97 bits per heavy atom. The number of halogens is 2. The number of carbonyl (C=O) groups excluding carboxylic acids is 2. The van der Waals surface area contributed by atoms with E-state index in [-0.39, 0.29) is 11.6 Å². The number of anilines is 1. The Morgan fingerprint density at radius 1 is 1.19 bits per heavy atom. The molecule has 12 heteroatoms. The summed E-state index contributed by atoms with van der Waals surface area (Å²) in [5.41, 5.74) is 2.14. The van der Waals surface area contributed by atoms with Crippen molar-refractivity contribution in [1.82, 2.24) is 25.3 Å². The minimum absolute atomic E-state index is 0.166. The molecule has 2 aromatic heterocycles. The fraction of sp³-hybridized carbons (Fsp3) is 0.316. The number of aryl methyl sites for hydroxylation is 1. The van der Waals surface area contributed by atoms with E-state index in [9.17, 15) is 9.59 Å². The Hall–Kier alpha value is -2.53. The summed E-state index contributed by atoms with van der Waals surface area (Å²) in [4.78, 5) is 29.6. The molecule has 0 bridgehead atoms. The summed E-state index contributed by atoms with van der Waals surface area (Å²) in [5, 5.41) is 14.7. The topological polar surface area (TPSA) is 111 Å². The predicted octanol–water partition coefficient (Wildman–Crippen LogP) is 3.34. The van der Waals surface area contributed by atoms with Crippen LogP contribution in [0.25, 0.3) is 0 Å². The number of methoxy groups -OCH3 is 1. The number of nitrogens with one attached hydrogen (secondary N) is 2. The lowest BCUT2D eigenvalue weighted by Gasteiger charge is -2.05. The number of ether oxygens (including phenoxy) is 1. The summed E-state index contributed by atoms with van der Waals surface area (Å²) in [7, 11) is 1.56. The molecular weight excluding hydrogens is 463 g/mol. The van der Waals surface area contributed by atoms with Crippen molar-refractivity contribution in [3.8, 4) is 0 Å². The number of aromatic nitrogens is 4. The molecule has 2 amide bonds. The van der Waals surface area contributed by atoms with E-state index in [0.29, 0.717) is 51.1 Å². The molecule has 0 atom stereocenters. The molecule has 3 aromatic rings. The molecule has 0 aliphatic heterocycles. The molecule has 164 valence electrons. The molecule has 2 heterocycles. The van der Waals surface area contributed by atoms with Crippen LogP contribution in [0.15, 0.2) is 18.2 Å². The van der Waals surface area contributed by atoms with Crippen LogP contribution >= 0.6 is 34.5 Å². The van der Waals surface area contributed by atoms with Crippen LogP contribution in [-0.4, -0.2) is 52.1 Å². The van der Waals surface area contributed by atoms with Crippen LogP contribution in [0.3, 0.4) is 0 Å². The molecule has 0 saturated heterocycles. The number of rotatable bonds is 8. The second kappa shape index (κ2) is 10.2. The molecule has 0 aliphatic rings. The monoisotopic (exact) mass is 482 g/mol.